The number of anilines is 1. The van der Waals surface area contributed by atoms with E-state index in [4.69, 9.17) is 11.1 Å². The van der Waals surface area contributed by atoms with E-state index in [1.54, 1.807) is 0 Å². The summed E-state index contributed by atoms with van der Waals surface area (Å²) in [6.45, 7) is 4.19. The van der Waals surface area contributed by atoms with Crippen LogP contribution < -0.4 is 11.1 Å². The lowest BCUT2D eigenvalue weighted by molar-refractivity contribution is 0.534. The first kappa shape index (κ1) is 13.7. The Hall–Kier alpha value is -1.77. The molecule has 0 atom stereocenters. The zero-order chi connectivity index (χ0) is 13.7. The molecule has 0 radical (unpaired) electrons. The van der Waals surface area contributed by atoms with Crippen molar-refractivity contribution in [3.63, 3.8) is 0 Å². The lowest BCUT2D eigenvalue weighted by atomic mass is 9.97. The second kappa shape index (κ2) is 6.41. The van der Waals surface area contributed by atoms with Gasteiger partial charge in [0.2, 0.25) is 0 Å². The number of nitrogen functional groups attached to an aromatic ring is 1. The fourth-order valence-electron chi connectivity index (χ4n) is 2.65. The van der Waals surface area contributed by atoms with Crippen LogP contribution >= 0.6 is 0 Å². The largest absolute Gasteiger partial charge is 0.384 e. The predicted molar refractivity (Wildman–Crippen MR) is 81.4 cm³/mol. The highest BCUT2D eigenvalue weighted by atomic mass is 14.9. The third-order valence-corrected chi connectivity index (χ3v) is 3.85. The predicted octanol–water partition coefficient (Wildman–Crippen LogP) is 3.87. The average Bonchev–Trinajstić information content (AvgIpc) is 2.68. The van der Waals surface area contributed by atoms with Crippen molar-refractivity contribution < 1.29 is 0 Å². The molecule has 0 heterocycles. The van der Waals surface area contributed by atoms with Gasteiger partial charge in [-0.05, 0) is 43.0 Å². The average molecular weight is 257 g/mol. The van der Waals surface area contributed by atoms with Crippen LogP contribution in [0.3, 0.4) is 0 Å². The van der Waals surface area contributed by atoms with Crippen LogP contribution in [0.2, 0.25) is 0 Å². The molecule has 0 bridgehead atoms. The molecule has 0 unspecified atom stereocenters. The summed E-state index contributed by atoms with van der Waals surface area (Å²) in [4.78, 5) is 0. The molecule has 1 aromatic carbocycles. The Morgan fingerprint density at radius 2 is 1.68 bits per heavy atom. The molecule has 0 aromatic heterocycles. The highest BCUT2D eigenvalue weighted by molar-refractivity contribution is 5.95. The Morgan fingerprint density at radius 1 is 1.11 bits per heavy atom. The normalized spacial score (nSPS) is 16.6. The van der Waals surface area contributed by atoms with E-state index in [2.05, 4.69) is 11.9 Å². The number of allylic oxidation sites excluding steroid dienone is 1. The number of hydrogen-bond acceptors (Lipinski definition) is 2. The van der Waals surface area contributed by atoms with Crippen LogP contribution in [0.25, 0.3) is 0 Å². The van der Waals surface area contributed by atoms with Gasteiger partial charge >= 0.3 is 0 Å². The zero-order valence-corrected chi connectivity index (χ0v) is 11.4. The van der Waals surface area contributed by atoms with Crippen LogP contribution in [0.1, 0.15) is 44.1 Å². The Balaban J connectivity index is 1.95. The van der Waals surface area contributed by atoms with Crippen LogP contribution in [0.4, 0.5) is 5.69 Å². The minimum Gasteiger partial charge on any atom is -0.384 e. The van der Waals surface area contributed by atoms with E-state index in [0.29, 0.717) is 5.92 Å². The number of hydrogen-bond donors (Lipinski definition) is 3. The molecule has 1 saturated carbocycles. The smallest absolute Gasteiger partial charge is 0.122 e. The van der Waals surface area contributed by atoms with Crippen LogP contribution in [0, 0.1) is 11.3 Å². The van der Waals surface area contributed by atoms with Crippen molar-refractivity contribution in [3.8, 4) is 0 Å². The van der Waals surface area contributed by atoms with Crippen molar-refractivity contribution in [1.29, 1.82) is 5.41 Å². The van der Waals surface area contributed by atoms with E-state index in [-0.39, 0.29) is 5.84 Å². The van der Waals surface area contributed by atoms with Crippen LogP contribution in [-0.4, -0.2) is 5.84 Å². The summed E-state index contributed by atoms with van der Waals surface area (Å²) in [5.74, 6) is 0.698. The van der Waals surface area contributed by atoms with E-state index >= 15 is 0 Å². The van der Waals surface area contributed by atoms with E-state index in [0.717, 1.165) is 16.9 Å². The van der Waals surface area contributed by atoms with Gasteiger partial charge in [0.25, 0.3) is 0 Å². The molecule has 1 aliphatic rings. The summed E-state index contributed by atoms with van der Waals surface area (Å²) in [5, 5.41) is 10.8. The molecule has 19 heavy (non-hydrogen) atoms. The van der Waals surface area contributed by atoms with Crippen molar-refractivity contribution >= 4 is 11.5 Å². The molecule has 102 valence electrons. The fourth-order valence-corrected chi connectivity index (χ4v) is 2.65. The van der Waals surface area contributed by atoms with E-state index in [1.165, 1.54) is 38.5 Å². The molecule has 1 aliphatic carbocycles. The van der Waals surface area contributed by atoms with Crippen molar-refractivity contribution in [1.82, 2.24) is 0 Å². The molecule has 3 heteroatoms. The Labute approximate surface area is 115 Å². The molecule has 1 aromatic rings. The SMILES string of the molecule is C=C(Nc1ccc(C(=N)N)cc1)C1CCCCCC1. The van der Waals surface area contributed by atoms with Gasteiger partial charge in [0.1, 0.15) is 5.84 Å². The van der Waals surface area contributed by atoms with Gasteiger partial charge in [0.05, 0.1) is 0 Å². The second-order valence-corrected chi connectivity index (χ2v) is 5.33. The lowest BCUT2D eigenvalue weighted by Gasteiger charge is -2.19. The number of rotatable bonds is 4. The molecule has 0 amide bonds. The number of benzene rings is 1. The van der Waals surface area contributed by atoms with Gasteiger partial charge in [-0.15, -0.1) is 0 Å². The molecular formula is C16H23N3. The molecule has 3 nitrogen and oxygen atoms in total. The standard InChI is InChI=1S/C16H23N3/c1-12(13-6-4-2-3-5-7-13)19-15-10-8-14(9-11-15)16(17)18/h8-11,13,19H,1-7H2,(H3,17,18). The number of nitrogens with one attached hydrogen (secondary N) is 2. The first-order valence-corrected chi connectivity index (χ1v) is 7.07. The minimum atomic E-state index is 0.106. The van der Waals surface area contributed by atoms with Gasteiger partial charge in [-0.1, -0.05) is 32.3 Å². The fraction of sp³-hybridized carbons (Fsp3) is 0.438. The van der Waals surface area contributed by atoms with E-state index in [1.807, 2.05) is 24.3 Å². The summed E-state index contributed by atoms with van der Waals surface area (Å²) < 4.78 is 0. The quantitative estimate of drug-likeness (QED) is 0.435. The Kier molecular flexibility index (Phi) is 4.61. The molecule has 0 saturated heterocycles. The van der Waals surface area contributed by atoms with Gasteiger partial charge in [0, 0.05) is 16.9 Å². The molecule has 1 fully saturated rings. The first-order chi connectivity index (χ1) is 9.16. The molecule has 0 spiro atoms. The zero-order valence-electron chi connectivity index (χ0n) is 11.4. The molecule has 2 rings (SSSR count). The molecule has 0 aliphatic heterocycles. The third-order valence-electron chi connectivity index (χ3n) is 3.85. The topological polar surface area (TPSA) is 61.9 Å². The highest BCUT2D eigenvalue weighted by Crippen LogP contribution is 2.28. The number of nitrogens with two attached hydrogens (primary N) is 1. The van der Waals surface area contributed by atoms with E-state index in [9.17, 15) is 0 Å². The van der Waals surface area contributed by atoms with E-state index < -0.39 is 0 Å². The van der Waals surface area contributed by atoms with Crippen molar-refractivity contribution in [3.05, 3.63) is 42.1 Å². The van der Waals surface area contributed by atoms with Gasteiger partial charge in [-0.3, -0.25) is 5.41 Å². The van der Waals surface area contributed by atoms with Gasteiger partial charge in [-0.2, -0.15) is 0 Å². The highest BCUT2D eigenvalue weighted by Gasteiger charge is 2.15. The monoisotopic (exact) mass is 257 g/mol. The second-order valence-electron chi connectivity index (χ2n) is 5.33. The molecule has 4 N–H and O–H groups in total. The maximum absolute atomic E-state index is 7.37. The summed E-state index contributed by atoms with van der Waals surface area (Å²) >= 11 is 0. The maximum Gasteiger partial charge on any atom is 0.122 e. The van der Waals surface area contributed by atoms with Crippen molar-refractivity contribution in [2.75, 3.05) is 5.32 Å². The third kappa shape index (κ3) is 3.85. The number of amidine groups is 1. The summed E-state index contributed by atoms with van der Waals surface area (Å²) in [6.07, 6.45) is 7.84. The first-order valence-electron chi connectivity index (χ1n) is 7.07. The van der Waals surface area contributed by atoms with Crippen molar-refractivity contribution in [2.24, 2.45) is 11.7 Å². The summed E-state index contributed by atoms with van der Waals surface area (Å²) in [7, 11) is 0. The summed E-state index contributed by atoms with van der Waals surface area (Å²) in [5.41, 5.74) is 8.35. The van der Waals surface area contributed by atoms with Crippen LogP contribution in [0.15, 0.2) is 36.5 Å². The van der Waals surface area contributed by atoms with Crippen molar-refractivity contribution in [2.45, 2.75) is 38.5 Å². The minimum absolute atomic E-state index is 0.106. The van der Waals surface area contributed by atoms with Crippen LogP contribution in [-0.2, 0) is 0 Å². The maximum atomic E-state index is 7.37. The Bertz CT molecular complexity index is 440. The summed E-state index contributed by atoms with van der Waals surface area (Å²) in [6, 6.07) is 7.65. The Morgan fingerprint density at radius 3 is 2.21 bits per heavy atom. The van der Waals surface area contributed by atoms with Crippen LogP contribution in [0.5, 0.6) is 0 Å². The van der Waals surface area contributed by atoms with Gasteiger partial charge in [-0.25, -0.2) is 0 Å². The van der Waals surface area contributed by atoms with Gasteiger partial charge < -0.3 is 11.1 Å². The van der Waals surface area contributed by atoms with Gasteiger partial charge in [0.15, 0.2) is 0 Å². The lowest BCUT2D eigenvalue weighted by Crippen LogP contribution is -2.12. The molecular weight excluding hydrogens is 234 g/mol.